The van der Waals surface area contributed by atoms with E-state index < -0.39 is 91.5 Å². The van der Waals surface area contributed by atoms with Gasteiger partial charge in [-0.05, 0) is 148 Å². The Bertz CT molecular complexity index is 2770. The van der Waals surface area contributed by atoms with Crippen LogP contribution in [-0.2, 0) is 55.8 Å². The average molecular weight is 1650 g/mol. The number of hydrogen-bond acceptors (Lipinski definition) is 14. The van der Waals surface area contributed by atoms with Gasteiger partial charge in [-0.1, -0.05) is 371 Å². The van der Waals surface area contributed by atoms with Crippen molar-refractivity contribution in [2.45, 2.75) is 386 Å². The number of ether oxygens (including phenoxy) is 3. The van der Waals surface area contributed by atoms with Crippen molar-refractivity contribution in [1.29, 1.82) is 0 Å². The van der Waals surface area contributed by atoms with Gasteiger partial charge in [0.15, 0.2) is 6.10 Å². The van der Waals surface area contributed by atoms with Crippen molar-refractivity contribution in [2.24, 2.45) is 0 Å². The van der Waals surface area contributed by atoms with Gasteiger partial charge in [0, 0.05) is 19.3 Å². The Kier molecular flexibility index (Phi) is 84.3. The van der Waals surface area contributed by atoms with Crippen LogP contribution in [0.5, 0.6) is 0 Å². The molecule has 0 amide bonds. The molecule has 0 aliphatic rings. The van der Waals surface area contributed by atoms with E-state index in [1.54, 1.807) is 0 Å². The predicted octanol–water partition coefficient (Wildman–Crippen LogP) is 27.9. The fourth-order valence-corrected chi connectivity index (χ4v) is 13.7. The molecular formula is C97H164O16P2. The second-order valence-corrected chi connectivity index (χ2v) is 32.9. The van der Waals surface area contributed by atoms with Gasteiger partial charge in [-0.3, -0.25) is 32.5 Å². The maximum atomic E-state index is 13.0. The standard InChI is InChI=1S/C97H164O16P2/c1-4-7-10-13-16-19-22-25-28-30-32-34-36-38-40-42-43-44-45-46-47-49-51-52-54-56-58-60-63-65-68-71-74-77-80-83-95(100)107-86-92(98)87-109-114(103,104)110-88-93(99)89-111-115(105,106)112-91-94(113-97(102)85-82-79-76-73-70-67-62-27-24-21-18-15-12-9-6-3)90-108-96(101)84-81-78-75-72-69-66-64-61-59-57-55-53-50-48-41-39-37-35-33-31-29-26-23-20-17-14-11-8-5-2/h7-12,16-21,25-29,32-35,38-41,50,53,62,92-94,98-99H,4-6,13-15,22-24,30-31,36-37,42-49,51-52,54-61,63-91H2,1-3H3,(H,103,104)(H,105,106)/b10-7-,11-8-,12-9-,19-16-,20-17-,21-18-,28-25-,29-26-,34-32-,35-33-,40-38-,41-39-,53-50-,62-27-. The normalized spacial score (nSPS) is 14.6. The van der Waals surface area contributed by atoms with Gasteiger partial charge in [-0.25, -0.2) is 9.13 Å². The monoisotopic (exact) mass is 1650 g/mol. The molecule has 0 fully saturated rings. The van der Waals surface area contributed by atoms with Crippen LogP contribution in [0.4, 0.5) is 0 Å². The zero-order valence-electron chi connectivity index (χ0n) is 72.4. The summed E-state index contributed by atoms with van der Waals surface area (Å²) >= 11 is 0. The van der Waals surface area contributed by atoms with E-state index >= 15 is 0 Å². The molecule has 115 heavy (non-hydrogen) atoms. The molecule has 658 valence electrons. The van der Waals surface area contributed by atoms with Crippen LogP contribution >= 0.6 is 15.6 Å². The molecular weight excluding hydrogens is 1480 g/mol. The van der Waals surface area contributed by atoms with E-state index in [1.807, 2.05) is 0 Å². The molecule has 0 radical (unpaired) electrons. The number of esters is 3. The quantitative estimate of drug-likeness (QED) is 0.0146. The second-order valence-electron chi connectivity index (χ2n) is 30.0. The van der Waals surface area contributed by atoms with E-state index in [9.17, 15) is 43.5 Å². The van der Waals surface area contributed by atoms with Crippen LogP contribution in [0, 0.1) is 0 Å². The van der Waals surface area contributed by atoms with Crippen LogP contribution in [0.2, 0.25) is 0 Å². The maximum absolute atomic E-state index is 13.0. The highest BCUT2D eigenvalue weighted by molar-refractivity contribution is 7.47. The van der Waals surface area contributed by atoms with Crippen molar-refractivity contribution in [3.8, 4) is 0 Å². The van der Waals surface area contributed by atoms with Gasteiger partial charge in [0.2, 0.25) is 0 Å². The molecule has 0 aromatic carbocycles. The van der Waals surface area contributed by atoms with Crippen molar-refractivity contribution in [2.75, 3.05) is 39.6 Å². The highest BCUT2D eigenvalue weighted by Gasteiger charge is 2.29. The van der Waals surface area contributed by atoms with E-state index in [0.717, 1.165) is 173 Å². The SMILES string of the molecule is CC/C=C\C/C=C\C/C=C\C/C=C\C/C=C\C/C=C\CCCCCCCCCCCCC(=O)OCC(COP(=O)(O)OCC(O)COP(=O)(O)OCC(O)COC(=O)CCCCCCCCCCCCCCCCCCCCC/C=C\C/C=C\C/C=C\C/C=C\C/C=C\CC)OC(=O)CCCCCCC/C=C\C/C=C\C/C=C\CC. The highest BCUT2D eigenvalue weighted by Crippen LogP contribution is 2.45. The molecule has 0 rings (SSSR count). The Balaban J connectivity index is 4.44. The summed E-state index contributed by atoms with van der Waals surface area (Å²) in [4.78, 5) is 58.9. The molecule has 0 aromatic heterocycles. The van der Waals surface area contributed by atoms with Gasteiger partial charge in [0.25, 0.3) is 0 Å². The minimum absolute atomic E-state index is 0.0804. The lowest BCUT2D eigenvalue weighted by Crippen LogP contribution is -2.30. The van der Waals surface area contributed by atoms with Crippen LogP contribution in [0.1, 0.15) is 367 Å². The molecule has 0 aliphatic carbocycles. The summed E-state index contributed by atoms with van der Waals surface area (Å²) < 4.78 is 61.4. The lowest BCUT2D eigenvalue weighted by molar-refractivity contribution is -0.161. The fourth-order valence-electron chi connectivity index (χ4n) is 12.1. The van der Waals surface area contributed by atoms with Crippen molar-refractivity contribution < 1.29 is 75.8 Å². The zero-order valence-corrected chi connectivity index (χ0v) is 74.2. The third-order valence-corrected chi connectivity index (χ3v) is 20.8. The van der Waals surface area contributed by atoms with Gasteiger partial charge in [-0.15, -0.1) is 0 Å². The zero-order chi connectivity index (χ0) is 83.6. The predicted molar refractivity (Wildman–Crippen MR) is 482 cm³/mol. The number of rotatable bonds is 85. The molecule has 16 nitrogen and oxygen atoms in total. The van der Waals surface area contributed by atoms with E-state index in [4.69, 9.17) is 32.3 Å². The molecule has 5 atom stereocenters. The fraction of sp³-hybridized carbons (Fsp3) is 0.680. The Morgan fingerprint density at radius 1 is 0.243 bits per heavy atom. The number of aliphatic hydroxyl groups is 2. The number of phosphoric ester groups is 2. The Labute approximate surface area is 701 Å². The first-order chi connectivity index (χ1) is 56.2. The summed E-state index contributed by atoms with van der Waals surface area (Å²) in [5.41, 5.74) is 0. The maximum Gasteiger partial charge on any atom is 0.472 e. The Hall–Kier alpha value is -5.09. The number of phosphoric acid groups is 2. The topological polar surface area (TPSA) is 231 Å². The summed E-state index contributed by atoms with van der Waals surface area (Å²) in [6, 6.07) is 0. The van der Waals surface area contributed by atoms with E-state index in [1.165, 1.54) is 135 Å². The van der Waals surface area contributed by atoms with Crippen molar-refractivity contribution >= 4 is 33.6 Å². The summed E-state index contributed by atoms with van der Waals surface area (Å²) in [5, 5.41) is 20.7. The minimum atomic E-state index is -4.95. The third kappa shape index (κ3) is 89.5. The molecule has 0 spiro atoms. The van der Waals surface area contributed by atoms with Crippen molar-refractivity contribution in [3.63, 3.8) is 0 Å². The largest absolute Gasteiger partial charge is 0.472 e. The molecule has 0 bridgehead atoms. The Morgan fingerprint density at radius 3 is 0.687 bits per heavy atom. The van der Waals surface area contributed by atoms with Crippen LogP contribution < -0.4 is 0 Å². The molecule has 0 aromatic rings. The molecule has 0 heterocycles. The highest BCUT2D eigenvalue weighted by atomic mass is 31.2. The average Bonchev–Trinajstić information content (AvgIpc) is 0.898. The van der Waals surface area contributed by atoms with Crippen LogP contribution in [0.3, 0.4) is 0 Å². The van der Waals surface area contributed by atoms with Gasteiger partial charge in [0.05, 0.1) is 26.4 Å². The van der Waals surface area contributed by atoms with Crippen LogP contribution in [-0.4, -0.2) is 95.9 Å². The summed E-state index contributed by atoms with van der Waals surface area (Å²) in [7, 11) is -9.81. The molecule has 0 saturated heterocycles. The second kappa shape index (κ2) is 88.2. The summed E-state index contributed by atoms with van der Waals surface area (Å²) in [6.07, 6.45) is 114. The summed E-state index contributed by atoms with van der Waals surface area (Å²) in [6.45, 7) is 2.35. The first-order valence-corrected chi connectivity index (χ1v) is 48.4. The number of aliphatic hydroxyl groups excluding tert-OH is 2. The van der Waals surface area contributed by atoms with Gasteiger partial charge < -0.3 is 34.2 Å². The molecule has 4 N–H and O–H groups in total. The minimum Gasteiger partial charge on any atom is -0.463 e. The molecule has 0 saturated carbocycles. The lowest BCUT2D eigenvalue weighted by Gasteiger charge is -2.21. The van der Waals surface area contributed by atoms with Crippen LogP contribution in [0.15, 0.2) is 170 Å². The number of hydrogen-bond donors (Lipinski definition) is 4. The Morgan fingerprint density at radius 2 is 0.435 bits per heavy atom. The van der Waals surface area contributed by atoms with E-state index in [-0.39, 0.29) is 19.3 Å². The number of carbonyl (C=O) groups excluding carboxylic acids is 3. The van der Waals surface area contributed by atoms with Gasteiger partial charge in [0.1, 0.15) is 25.4 Å². The van der Waals surface area contributed by atoms with Gasteiger partial charge >= 0.3 is 33.6 Å². The first-order valence-electron chi connectivity index (χ1n) is 45.4. The van der Waals surface area contributed by atoms with Crippen molar-refractivity contribution in [3.05, 3.63) is 170 Å². The molecule has 18 heteroatoms. The van der Waals surface area contributed by atoms with Gasteiger partial charge in [-0.2, -0.15) is 0 Å². The number of allylic oxidation sites excluding steroid dienone is 28. The number of unbranched alkanes of at least 4 members (excludes halogenated alkanes) is 34. The lowest BCUT2D eigenvalue weighted by atomic mass is 10.0. The van der Waals surface area contributed by atoms with Crippen molar-refractivity contribution in [1.82, 2.24) is 0 Å². The van der Waals surface area contributed by atoms with Crippen LogP contribution in [0.25, 0.3) is 0 Å². The third-order valence-electron chi connectivity index (χ3n) is 18.9. The summed E-state index contributed by atoms with van der Waals surface area (Å²) in [5.74, 6) is -1.59. The van der Waals surface area contributed by atoms with E-state index in [2.05, 4.69) is 191 Å². The first kappa shape index (κ1) is 110. The molecule has 5 unspecified atom stereocenters. The molecule has 0 aliphatic heterocycles. The smallest absolute Gasteiger partial charge is 0.463 e. The van der Waals surface area contributed by atoms with E-state index in [0.29, 0.717) is 19.3 Å². The number of carbonyl (C=O) groups is 3.